The number of rotatable bonds is 4. The average molecular weight is 220 g/mol. The molecule has 1 atom stereocenters. The highest BCUT2D eigenvalue weighted by atomic mass is 16.3. The number of aromatic nitrogens is 3. The van der Waals surface area contributed by atoms with Crippen LogP contribution in [-0.2, 0) is 6.54 Å². The van der Waals surface area contributed by atoms with Crippen molar-refractivity contribution in [3.05, 3.63) is 24.3 Å². The van der Waals surface area contributed by atoms with Crippen LogP contribution in [0.1, 0.15) is 25.3 Å². The first-order chi connectivity index (χ1) is 7.77. The minimum Gasteiger partial charge on any atom is -0.385 e. The van der Waals surface area contributed by atoms with E-state index in [0.29, 0.717) is 18.8 Å². The average Bonchev–Trinajstić information content (AvgIpc) is 2.67. The fourth-order valence-corrected chi connectivity index (χ4v) is 1.87. The maximum Gasteiger partial charge on any atom is 0.138 e. The second kappa shape index (κ2) is 4.59. The van der Waals surface area contributed by atoms with Crippen LogP contribution in [0.4, 0.5) is 0 Å². The molecular formula is C11H16N4O. The zero-order valence-corrected chi connectivity index (χ0v) is 9.30. The van der Waals surface area contributed by atoms with Crippen LogP contribution in [-0.4, -0.2) is 26.2 Å². The molecule has 86 valence electrons. The Kier molecular flexibility index (Phi) is 3.17. The molecule has 3 N–H and O–H groups in total. The van der Waals surface area contributed by atoms with Gasteiger partial charge in [-0.15, -0.1) is 0 Å². The number of hydrogen-bond acceptors (Lipinski definition) is 4. The molecule has 0 amide bonds. The number of nitrogens with zero attached hydrogens (tertiary/aromatic N) is 3. The summed E-state index contributed by atoms with van der Waals surface area (Å²) in [6.45, 7) is 3.25. The Bertz CT molecular complexity index is 480. The number of hydrogen-bond donors (Lipinski definition) is 2. The standard InChI is InChI=1S/C11H16N4O/c1-2-15-9-4-6-13-7-8(9)14-11(15)10(16)3-5-12/h4,6-7,10,16H,2-3,5,12H2,1H3. The summed E-state index contributed by atoms with van der Waals surface area (Å²) in [4.78, 5) is 8.42. The molecule has 16 heavy (non-hydrogen) atoms. The number of imidazole rings is 1. The lowest BCUT2D eigenvalue weighted by Gasteiger charge is -2.11. The fourth-order valence-electron chi connectivity index (χ4n) is 1.87. The lowest BCUT2D eigenvalue weighted by Crippen LogP contribution is -2.12. The van der Waals surface area contributed by atoms with Gasteiger partial charge in [0.15, 0.2) is 0 Å². The van der Waals surface area contributed by atoms with Gasteiger partial charge >= 0.3 is 0 Å². The highest BCUT2D eigenvalue weighted by molar-refractivity contribution is 5.74. The van der Waals surface area contributed by atoms with Crippen LogP contribution >= 0.6 is 0 Å². The van der Waals surface area contributed by atoms with Gasteiger partial charge in [-0.1, -0.05) is 0 Å². The van der Waals surface area contributed by atoms with Crippen LogP contribution in [0.25, 0.3) is 11.0 Å². The molecule has 1 unspecified atom stereocenters. The first-order valence-corrected chi connectivity index (χ1v) is 5.46. The molecule has 2 heterocycles. The van der Waals surface area contributed by atoms with E-state index in [2.05, 4.69) is 9.97 Å². The van der Waals surface area contributed by atoms with Crippen molar-refractivity contribution in [3.8, 4) is 0 Å². The van der Waals surface area contributed by atoms with E-state index in [4.69, 9.17) is 5.73 Å². The summed E-state index contributed by atoms with van der Waals surface area (Å²) in [7, 11) is 0. The van der Waals surface area contributed by atoms with E-state index in [1.807, 2.05) is 17.6 Å². The predicted octanol–water partition coefficient (Wildman–Crippen LogP) is 0.833. The van der Waals surface area contributed by atoms with Gasteiger partial charge in [0.05, 0.1) is 11.7 Å². The van der Waals surface area contributed by atoms with Gasteiger partial charge in [0.25, 0.3) is 0 Å². The predicted molar refractivity (Wildman–Crippen MR) is 61.8 cm³/mol. The van der Waals surface area contributed by atoms with E-state index >= 15 is 0 Å². The number of pyridine rings is 1. The summed E-state index contributed by atoms with van der Waals surface area (Å²) in [5, 5.41) is 9.95. The molecule has 2 rings (SSSR count). The topological polar surface area (TPSA) is 77.0 Å². The van der Waals surface area contributed by atoms with E-state index in [1.165, 1.54) is 0 Å². The molecule has 0 spiro atoms. The molecule has 0 fully saturated rings. The Morgan fingerprint density at radius 3 is 3.06 bits per heavy atom. The maximum atomic E-state index is 9.95. The summed E-state index contributed by atoms with van der Waals surface area (Å²) in [6.07, 6.45) is 3.36. The van der Waals surface area contributed by atoms with Crippen molar-refractivity contribution in [1.29, 1.82) is 0 Å². The molecule has 2 aromatic heterocycles. The largest absolute Gasteiger partial charge is 0.385 e. The molecule has 0 aliphatic heterocycles. The normalized spacial score (nSPS) is 13.2. The molecule has 0 saturated carbocycles. The zero-order chi connectivity index (χ0) is 11.5. The van der Waals surface area contributed by atoms with Crippen LogP contribution in [0, 0.1) is 0 Å². The molecule has 0 aliphatic carbocycles. The molecule has 5 heteroatoms. The van der Waals surface area contributed by atoms with Gasteiger partial charge in [-0.2, -0.15) is 0 Å². The van der Waals surface area contributed by atoms with Gasteiger partial charge in [0.1, 0.15) is 17.4 Å². The van der Waals surface area contributed by atoms with E-state index < -0.39 is 6.10 Å². The van der Waals surface area contributed by atoms with Gasteiger partial charge in [0.2, 0.25) is 0 Å². The van der Waals surface area contributed by atoms with E-state index in [1.54, 1.807) is 12.4 Å². The third-order valence-electron chi connectivity index (χ3n) is 2.63. The number of aliphatic hydroxyl groups is 1. The Labute approximate surface area is 93.9 Å². The van der Waals surface area contributed by atoms with E-state index in [9.17, 15) is 5.11 Å². The van der Waals surface area contributed by atoms with Crippen LogP contribution in [0.2, 0.25) is 0 Å². The third kappa shape index (κ3) is 1.79. The monoisotopic (exact) mass is 220 g/mol. The molecule has 2 aromatic rings. The lowest BCUT2D eigenvalue weighted by molar-refractivity contribution is 0.156. The number of fused-ring (bicyclic) bond motifs is 1. The Hall–Kier alpha value is -1.46. The Balaban J connectivity index is 2.51. The van der Waals surface area contributed by atoms with Gasteiger partial charge in [-0.3, -0.25) is 4.98 Å². The number of nitrogens with two attached hydrogens (primary N) is 1. The minimum atomic E-state index is -0.600. The summed E-state index contributed by atoms with van der Waals surface area (Å²) in [5.74, 6) is 0.677. The first kappa shape index (κ1) is 11.0. The van der Waals surface area contributed by atoms with E-state index in [0.717, 1.165) is 17.6 Å². The van der Waals surface area contributed by atoms with Gasteiger partial charge in [-0.05, 0) is 26.0 Å². The molecule has 0 saturated heterocycles. The Morgan fingerprint density at radius 1 is 1.56 bits per heavy atom. The molecule has 5 nitrogen and oxygen atoms in total. The van der Waals surface area contributed by atoms with Gasteiger partial charge < -0.3 is 15.4 Å². The van der Waals surface area contributed by atoms with Crippen molar-refractivity contribution in [2.45, 2.75) is 26.0 Å². The first-order valence-electron chi connectivity index (χ1n) is 5.46. The molecule has 0 aromatic carbocycles. The summed E-state index contributed by atoms with van der Waals surface area (Å²) < 4.78 is 2.00. The third-order valence-corrected chi connectivity index (χ3v) is 2.63. The fraction of sp³-hybridized carbons (Fsp3) is 0.455. The Morgan fingerprint density at radius 2 is 2.38 bits per heavy atom. The quantitative estimate of drug-likeness (QED) is 0.800. The van der Waals surface area contributed by atoms with Crippen molar-refractivity contribution in [3.63, 3.8) is 0 Å². The summed E-state index contributed by atoms with van der Waals surface area (Å²) in [6, 6.07) is 1.91. The molecule has 0 bridgehead atoms. The zero-order valence-electron chi connectivity index (χ0n) is 9.30. The highest BCUT2D eigenvalue weighted by Gasteiger charge is 2.16. The second-order valence-electron chi connectivity index (χ2n) is 3.67. The lowest BCUT2D eigenvalue weighted by atomic mass is 10.2. The van der Waals surface area contributed by atoms with E-state index in [-0.39, 0.29) is 0 Å². The smallest absolute Gasteiger partial charge is 0.138 e. The van der Waals surface area contributed by atoms with Crippen LogP contribution in [0.5, 0.6) is 0 Å². The second-order valence-corrected chi connectivity index (χ2v) is 3.67. The van der Waals surface area contributed by atoms with Crippen molar-refractivity contribution in [2.24, 2.45) is 5.73 Å². The van der Waals surface area contributed by atoms with Crippen LogP contribution < -0.4 is 5.73 Å². The SMILES string of the molecule is CCn1c(C(O)CCN)nc2cnccc21. The highest BCUT2D eigenvalue weighted by Crippen LogP contribution is 2.21. The van der Waals surface area contributed by atoms with Crippen molar-refractivity contribution in [1.82, 2.24) is 14.5 Å². The van der Waals surface area contributed by atoms with Crippen LogP contribution in [0.3, 0.4) is 0 Å². The molecule has 0 radical (unpaired) electrons. The molecular weight excluding hydrogens is 204 g/mol. The van der Waals surface area contributed by atoms with Crippen molar-refractivity contribution < 1.29 is 5.11 Å². The van der Waals surface area contributed by atoms with Gasteiger partial charge in [-0.25, -0.2) is 4.98 Å². The molecule has 0 aliphatic rings. The van der Waals surface area contributed by atoms with Crippen molar-refractivity contribution in [2.75, 3.05) is 6.54 Å². The number of aliphatic hydroxyl groups excluding tert-OH is 1. The summed E-state index contributed by atoms with van der Waals surface area (Å²) >= 11 is 0. The van der Waals surface area contributed by atoms with Gasteiger partial charge in [0, 0.05) is 12.7 Å². The minimum absolute atomic E-state index is 0.451. The van der Waals surface area contributed by atoms with Crippen LogP contribution in [0.15, 0.2) is 18.5 Å². The maximum absolute atomic E-state index is 9.95. The van der Waals surface area contributed by atoms with Crippen molar-refractivity contribution >= 4 is 11.0 Å². The summed E-state index contributed by atoms with van der Waals surface area (Å²) in [5.41, 5.74) is 7.26. The number of aryl methyl sites for hydroxylation is 1.